The van der Waals surface area contributed by atoms with Gasteiger partial charge in [-0.3, -0.25) is 9.59 Å². The van der Waals surface area contributed by atoms with Crippen molar-refractivity contribution < 1.29 is 9.53 Å². The number of nitrogens with one attached hydrogen (secondary N) is 2. The molecule has 1 aromatic carbocycles. The molecule has 2 fully saturated rings. The van der Waals surface area contributed by atoms with E-state index in [1.807, 2.05) is 4.90 Å². The minimum absolute atomic E-state index is 0.165. The van der Waals surface area contributed by atoms with Crippen molar-refractivity contribution in [2.75, 3.05) is 12.4 Å². The molecule has 0 radical (unpaired) electrons. The number of fused-ring (bicyclic) bond motifs is 3. The first-order valence-electron chi connectivity index (χ1n) is 8.67. The normalized spacial score (nSPS) is 25.2. The third-order valence-corrected chi connectivity index (χ3v) is 5.42. The molecule has 1 amide bonds. The van der Waals surface area contributed by atoms with E-state index < -0.39 is 0 Å². The number of carbonyl (C=O) groups is 1. The Morgan fingerprint density at radius 3 is 2.68 bits per heavy atom. The number of hydrogen-bond donors (Lipinski definition) is 2. The topological polar surface area (TPSA) is 87.3 Å². The molecule has 2 atom stereocenters. The van der Waals surface area contributed by atoms with Gasteiger partial charge in [-0.05, 0) is 31.7 Å². The molecular weight excluding hydrogens is 320 g/mol. The van der Waals surface area contributed by atoms with E-state index in [-0.39, 0.29) is 17.5 Å². The second-order valence-electron chi connectivity index (χ2n) is 6.93. The van der Waals surface area contributed by atoms with Gasteiger partial charge in [-0.15, -0.1) is 0 Å². The molecule has 3 heterocycles. The van der Waals surface area contributed by atoms with Crippen LogP contribution < -0.4 is 15.6 Å². The van der Waals surface area contributed by atoms with E-state index in [0.29, 0.717) is 28.7 Å². The summed E-state index contributed by atoms with van der Waals surface area (Å²) in [6.07, 6.45) is 5.37. The van der Waals surface area contributed by atoms with Crippen LogP contribution in [0.25, 0.3) is 10.9 Å². The Balaban J connectivity index is 1.62. The zero-order chi connectivity index (χ0) is 17.6. The third-order valence-electron chi connectivity index (χ3n) is 5.42. The molecule has 2 aliphatic heterocycles. The zero-order valence-electron chi connectivity index (χ0n) is 14.4. The summed E-state index contributed by atoms with van der Waals surface area (Å²) in [6, 6.07) is 4.47. The van der Waals surface area contributed by atoms with Crippen LogP contribution in [-0.4, -0.2) is 46.0 Å². The van der Waals surface area contributed by atoms with Gasteiger partial charge in [-0.2, -0.15) is 0 Å². The van der Waals surface area contributed by atoms with E-state index in [4.69, 9.17) is 4.74 Å². The third kappa shape index (κ3) is 2.73. The number of H-pyrrole nitrogens is 1. The zero-order valence-corrected chi connectivity index (χ0v) is 14.4. The van der Waals surface area contributed by atoms with Crippen LogP contribution in [0.2, 0.25) is 0 Å². The summed E-state index contributed by atoms with van der Waals surface area (Å²) in [6.45, 7) is 1.66. The summed E-state index contributed by atoms with van der Waals surface area (Å²) in [5.74, 6) is 0.846. The maximum absolute atomic E-state index is 12.0. The molecule has 25 heavy (non-hydrogen) atoms. The molecule has 7 nitrogen and oxygen atoms in total. The lowest BCUT2D eigenvalue weighted by atomic mass is 9.96. The SMILES string of the molecule is COc1cc2nc[nH]c(=O)c2cc1NC1CC2CCC(C1)N2C(C)=O. The first kappa shape index (κ1) is 15.9. The fourth-order valence-electron chi connectivity index (χ4n) is 4.41. The van der Waals surface area contributed by atoms with Crippen LogP contribution in [0.5, 0.6) is 5.75 Å². The van der Waals surface area contributed by atoms with Gasteiger partial charge in [0.05, 0.1) is 30.0 Å². The minimum atomic E-state index is -0.165. The predicted molar refractivity (Wildman–Crippen MR) is 94.9 cm³/mol. The van der Waals surface area contributed by atoms with E-state index in [2.05, 4.69) is 15.3 Å². The average Bonchev–Trinajstić information content (AvgIpc) is 2.87. The number of aromatic nitrogens is 2. The van der Waals surface area contributed by atoms with Crippen LogP contribution in [0.1, 0.15) is 32.6 Å². The van der Waals surface area contributed by atoms with Crippen molar-refractivity contribution in [2.24, 2.45) is 0 Å². The average molecular weight is 342 g/mol. The highest BCUT2D eigenvalue weighted by Crippen LogP contribution is 2.38. The molecule has 0 saturated carbocycles. The summed E-state index contributed by atoms with van der Waals surface area (Å²) >= 11 is 0. The molecule has 132 valence electrons. The van der Waals surface area contributed by atoms with Crippen LogP contribution in [0.15, 0.2) is 23.3 Å². The lowest BCUT2D eigenvalue weighted by Crippen LogP contribution is -2.48. The molecule has 7 heteroatoms. The maximum Gasteiger partial charge on any atom is 0.258 e. The monoisotopic (exact) mass is 342 g/mol. The van der Waals surface area contributed by atoms with Gasteiger partial charge in [0.2, 0.25) is 5.91 Å². The number of carbonyl (C=O) groups excluding carboxylic acids is 1. The number of ether oxygens (including phenoxy) is 1. The summed E-state index contributed by atoms with van der Waals surface area (Å²) in [4.78, 5) is 32.7. The molecule has 2 aliphatic rings. The molecule has 2 bridgehead atoms. The van der Waals surface area contributed by atoms with Crippen molar-refractivity contribution in [3.8, 4) is 5.75 Å². The molecule has 4 rings (SSSR count). The molecule has 2 saturated heterocycles. The quantitative estimate of drug-likeness (QED) is 0.889. The second kappa shape index (κ2) is 6.06. The number of aromatic amines is 1. The molecule has 2 unspecified atom stereocenters. The van der Waals surface area contributed by atoms with Crippen molar-refractivity contribution in [2.45, 2.75) is 50.7 Å². The van der Waals surface area contributed by atoms with Gasteiger partial charge in [0, 0.05) is 31.1 Å². The first-order chi connectivity index (χ1) is 12.1. The van der Waals surface area contributed by atoms with Crippen LogP contribution in [0.3, 0.4) is 0 Å². The standard InChI is InChI=1S/C18H22N4O3/c1-10(23)22-12-3-4-13(22)6-11(5-12)21-16-7-14-15(8-17(16)25-2)19-9-20-18(14)24/h7-9,11-13,21H,3-6H2,1-2H3,(H,19,20,24). The highest BCUT2D eigenvalue weighted by Gasteiger charge is 2.42. The summed E-state index contributed by atoms with van der Waals surface area (Å²) < 4.78 is 5.48. The molecule has 0 aliphatic carbocycles. The second-order valence-corrected chi connectivity index (χ2v) is 6.93. The van der Waals surface area contributed by atoms with Crippen LogP contribution in [0, 0.1) is 0 Å². The minimum Gasteiger partial charge on any atom is -0.495 e. The summed E-state index contributed by atoms with van der Waals surface area (Å²) in [5, 5.41) is 4.07. The number of amides is 1. The summed E-state index contributed by atoms with van der Waals surface area (Å²) in [7, 11) is 1.61. The van der Waals surface area contributed by atoms with Crippen LogP contribution in [-0.2, 0) is 4.79 Å². The van der Waals surface area contributed by atoms with E-state index in [1.165, 1.54) is 6.33 Å². The van der Waals surface area contributed by atoms with Crippen LogP contribution in [0.4, 0.5) is 5.69 Å². The Morgan fingerprint density at radius 1 is 1.32 bits per heavy atom. The number of hydrogen-bond acceptors (Lipinski definition) is 5. The van der Waals surface area contributed by atoms with E-state index in [9.17, 15) is 9.59 Å². The maximum atomic E-state index is 12.0. The van der Waals surface area contributed by atoms with Gasteiger partial charge in [0.25, 0.3) is 5.56 Å². The highest BCUT2D eigenvalue weighted by atomic mass is 16.5. The lowest BCUT2D eigenvalue weighted by molar-refractivity contribution is -0.133. The van der Waals surface area contributed by atoms with E-state index >= 15 is 0 Å². The van der Waals surface area contributed by atoms with Gasteiger partial charge in [-0.25, -0.2) is 4.98 Å². The number of nitrogens with zero attached hydrogens (tertiary/aromatic N) is 2. The Kier molecular flexibility index (Phi) is 3.86. The smallest absolute Gasteiger partial charge is 0.258 e. The number of methoxy groups -OCH3 is 1. The lowest BCUT2D eigenvalue weighted by Gasteiger charge is -2.39. The van der Waals surface area contributed by atoms with Gasteiger partial charge in [0.1, 0.15) is 5.75 Å². The van der Waals surface area contributed by atoms with Crippen molar-refractivity contribution in [3.05, 3.63) is 28.8 Å². The molecular formula is C18H22N4O3. The molecule has 0 spiro atoms. The Hall–Kier alpha value is -2.57. The largest absolute Gasteiger partial charge is 0.495 e. The Bertz CT molecular complexity index is 864. The Labute approximate surface area is 145 Å². The van der Waals surface area contributed by atoms with Gasteiger partial charge in [-0.1, -0.05) is 0 Å². The Morgan fingerprint density at radius 2 is 2.04 bits per heavy atom. The van der Waals surface area contributed by atoms with E-state index in [0.717, 1.165) is 31.4 Å². The van der Waals surface area contributed by atoms with Crippen molar-refractivity contribution in [1.82, 2.24) is 14.9 Å². The summed E-state index contributed by atoms with van der Waals surface area (Å²) in [5.41, 5.74) is 1.24. The number of anilines is 1. The predicted octanol–water partition coefficient (Wildman–Crippen LogP) is 1.89. The van der Waals surface area contributed by atoms with Crippen LogP contribution >= 0.6 is 0 Å². The van der Waals surface area contributed by atoms with Crippen molar-refractivity contribution in [1.29, 1.82) is 0 Å². The molecule has 2 N–H and O–H groups in total. The molecule has 2 aromatic rings. The van der Waals surface area contributed by atoms with E-state index in [1.54, 1.807) is 26.2 Å². The number of benzene rings is 1. The highest BCUT2D eigenvalue weighted by molar-refractivity contribution is 5.85. The van der Waals surface area contributed by atoms with Gasteiger partial charge >= 0.3 is 0 Å². The van der Waals surface area contributed by atoms with Crippen molar-refractivity contribution >= 4 is 22.5 Å². The van der Waals surface area contributed by atoms with Gasteiger partial charge in [0.15, 0.2) is 0 Å². The van der Waals surface area contributed by atoms with Crippen molar-refractivity contribution in [3.63, 3.8) is 0 Å². The fourth-order valence-corrected chi connectivity index (χ4v) is 4.41. The van der Waals surface area contributed by atoms with Gasteiger partial charge < -0.3 is 19.9 Å². The number of rotatable bonds is 3. The fraction of sp³-hybridized carbons (Fsp3) is 0.500. The molecule has 1 aromatic heterocycles. The first-order valence-corrected chi connectivity index (χ1v) is 8.67. The number of piperidine rings is 1.